The molecule has 2 aromatic rings. The van der Waals surface area contributed by atoms with Crippen molar-refractivity contribution >= 4 is 18.2 Å². The van der Waals surface area contributed by atoms with Crippen molar-refractivity contribution in [1.29, 1.82) is 0 Å². The number of benzene rings is 2. The van der Waals surface area contributed by atoms with Crippen LogP contribution in [0.15, 0.2) is 48.5 Å². The van der Waals surface area contributed by atoms with Crippen LogP contribution in [0.4, 0.5) is 9.59 Å². The van der Waals surface area contributed by atoms with E-state index >= 15 is 0 Å². The van der Waals surface area contributed by atoms with E-state index in [1.165, 1.54) is 7.11 Å². The Hall–Kier alpha value is -3.59. The molecule has 2 heterocycles. The van der Waals surface area contributed by atoms with Crippen LogP contribution in [-0.2, 0) is 23.7 Å². The lowest BCUT2D eigenvalue weighted by Crippen LogP contribution is -2.70. The van der Waals surface area contributed by atoms with Crippen LogP contribution >= 0.6 is 0 Å². The van der Waals surface area contributed by atoms with Gasteiger partial charge in [-0.25, -0.2) is 14.4 Å². The van der Waals surface area contributed by atoms with Gasteiger partial charge in [0.2, 0.25) is 0 Å². The van der Waals surface area contributed by atoms with Crippen molar-refractivity contribution in [2.24, 2.45) is 0 Å². The van der Waals surface area contributed by atoms with Gasteiger partial charge in [-0.1, -0.05) is 48.5 Å². The maximum Gasteiger partial charge on any atom is 0.410 e. The van der Waals surface area contributed by atoms with Gasteiger partial charge in [-0.05, 0) is 43.0 Å². The highest BCUT2D eigenvalue weighted by molar-refractivity contribution is 5.87. The summed E-state index contributed by atoms with van der Waals surface area (Å²) in [5, 5.41) is 2.76. The first-order valence-corrected chi connectivity index (χ1v) is 12.9. The molecule has 2 bridgehead atoms. The summed E-state index contributed by atoms with van der Waals surface area (Å²) in [6.07, 6.45) is -0.920. The van der Waals surface area contributed by atoms with Crippen LogP contribution in [0.5, 0.6) is 0 Å². The highest BCUT2D eigenvalue weighted by Crippen LogP contribution is 2.45. The Morgan fingerprint density at radius 3 is 2.05 bits per heavy atom. The van der Waals surface area contributed by atoms with Gasteiger partial charge in [-0.3, -0.25) is 4.90 Å². The summed E-state index contributed by atoms with van der Waals surface area (Å²) in [6, 6.07) is 15.4. The highest BCUT2D eigenvalue weighted by Gasteiger charge is 2.55. The predicted molar refractivity (Wildman–Crippen MR) is 139 cm³/mol. The Labute approximate surface area is 222 Å². The first kappa shape index (κ1) is 26.0. The number of methoxy groups -OCH3 is 1. The monoisotopic (exact) mass is 522 g/mol. The van der Waals surface area contributed by atoms with E-state index in [-0.39, 0.29) is 38.6 Å². The lowest BCUT2D eigenvalue weighted by molar-refractivity contribution is -0.158. The van der Waals surface area contributed by atoms with Crippen molar-refractivity contribution in [3.63, 3.8) is 0 Å². The number of amides is 2. The van der Waals surface area contributed by atoms with Crippen molar-refractivity contribution in [3.05, 3.63) is 59.7 Å². The number of carbonyl (C=O) groups is 3. The highest BCUT2D eigenvalue weighted by atomic mass is 16.6. The van der Waals surface area contributed by atoms with Gasteiger partial charge in [0.15, 0.2) is 0 Å². The fourth-order valence-electron chi connectivity index (χ4n) is 5.98. The van der Waals surface area contributed by atoms with E-state index < -0.39 is 41.4 Å². The average molecular weight is 523 g/mol. The number of morpholine rings is 1. The van der Waals surface area contributed by atoms with Gasteiger partial charge in [0.05, 0.1) is 32.4 Å². The third-order valence-electron chi connectivity index (χ3n) is 7.44. The molecule has 0 saturated carbocycles. The molecule has 1 N–H and O–H groups in total. The van der Waals surface area contributed by atoms with Gasteiger partial charge in [-0.2, -0.15) is 0 Å². The minimum absolute atomic E-state index is 0.0600. The van der Waals surface area contributed by atoms with Crippen molar-refractivity contribution in [2.45, 2.75) is 62.8 Å². The van der Waals surface area contributed by atoms with Gasteiger partial charge < -0.3 is 24.3 Å². The van der Waals surface area contributed by atoms with E-state index in [0.29, 0.717) is 0 Å². The van der Waals surface area contributed by atoms with Gasteiger partial charge >= 0.3 is 18.2 Å². The minimum Gasteiger partial charge on any atom is -0.467 e. The number of rotatable bonds is 4. The number of carbonyl (C=O) groups excluding carboxylic acids is 3. The van der Waals surface area contributed by atoms with Crippen LogP contribution < -0.4 is 5.32 Å². The molecule has 202 valence electrons. The third kappa shape index (κ3) is 4.82. The van der Waals surface area contributed by atoms with Crippen molar-refractivity contribution in [1.82, 2.24) is 10.2 Å². The molecule has 2 aliphatic heterocycles. The topological polar surface area (TPSA) is 103 Å². The van der Waals surface area contributed by atoms with Crippen LogP contribution in [0.3, 0.4) is 0 Å². The molecular weight excluding hydrogens is 488 g/mol. The fourth-order valence-corrected chi connectivity index (χ4v) is 5.98. The summed E-state index contributed by atoms with van der Waals surface area (Å²) < 4.78 is 22.2. The largest absolute Gasteiger partial charge is 0.467 e. The van der Waals surface area contributed by atoms with E-state index in [9.17, 15) is 14.4 Å². The van der Waals surface area contributed by atoms with E-state index in [4.69, 9.17) is 18.9 Å². The molecule has 2 amide bonds. The first-order chi connectivity index (χ1) is 18.1. The number of esters is 1. The molecule has 9 nitrogen and oxygen atoms in total. The average Bonchev–Trinajstić information content (AvgIpc) is 3.18. The zero-order valence-corrected chi connectivity index (χ0v) is 22.2. The lowest BCUT2D eigenvalue weighted by Gasteiger charge is -2.51. The molecule has 0 spiro atoms. The smallest absolute Gasteiger partial charge is 0.410 e. The SMILES string of the molecule is COC(=O)C1(NC(=O)OC(C)(C)C)CC2COCC(C1)N2C(=O)OCC1c2ccccc2-c2ccccc21. The van der Waals surface area contributed by atoms with E-state index in [1.807, 2.05) is 24.3 Å². The van der Waals surface area contributed by atoms with Crippen LogP contribution in [0.2, 0.25) is 0 Å². The van der Waals surface area contributed by atoms with Crippen molar-refractivity contribution in [3.8, 4) is 11.1 Å². The number of hydrogen-bond donors (Lipinski definition) is 1. The second-order valence-corrected chi connectivity index (χ2v) is 11.2. The molecule has 2 saturated heterocycles. The maximum atomic E-state index is 13.5. The second kappa shape index (κ2) is 9.94. The fraction of sp³-hybridized carbons (Fsp3) is 0.483. The Bertz CT molecular complexity index is 1180. The molecule has 2 fully saturated rings. The molecule has 0 aromatic heterocycles. The van der Waals surface area contributed by atoms with Crippen molar-refractivity contribution < 1.29 is 33.3 Å². The molecule has 5 rings (SSSR count). The molecule has 3 aliphatic rings. The van der Waals surface area contributed by atoms with Crippen molar-refractivity contribution in [2.75, 3.05) is 26.9 Å². The zero-order chi connectivity index (χ0) is 27.1. The summed E-state index contributed by atoms with van der Waals surface area (Å²) >= 11 is 0. The van der Waals surface area contributed by atoms with Crippen LogP contribution in [-0.4, -0.2) is 73.2 Å². The van der Waals surface area contributed by atoms with Crippen LogP contribution in [0.1, 0.15) is 50.7 Å². The molecular formula is C29H34N2O7. The number of hydrogen-bond acceptors (Lipinski definition) is 7. The Kier molecular flexibility index (Phi) is 6.81. The summed E-state index contributed by atoms with van der Waals surface area (Å²) in [5.41, 5.74) is 2.51. The Balaban J connectivity index is 1.32. The van der Waals surface area contributed by atoms with Crippen LogP contribution in [0.25, 0.3) is 11.1 Å². The minimum atomic E-state index is -1.34. The Morgan fingerprint density at radius 1 is 0.974 bits per heavy atom. The normalized spacial score (nSPS) is 24.2. The summed E-state index contributed by atoms with van der Waals surface area (Å²) in [5.74, 6) is -0.636. The number of ether oxygens (including phenoxy) is 4. The van der Waals surface area contributed by atoms with Gasteiger partial charge in [0, 0.05) is 18.8 Å². The summed E-state index contributed by atoms with van der Waals surface area (Å²) in [4.78, 5) is 40.8. The Morgan fingerprint density at radius 2 is 1.53 bits per heavy atom. The molecule has 9 heteroatoms. The molecule has 2 aromatic carbocycles. The summed E-state index contributed by atoms with van der Waals surface area (Å²) in [6.45, 7) is 5.88. The summed E-state index contributed by atoms with van der Waals surface area (Å²) in [7, 11) is 1.28. The number of fused-ring (bicyclic) bond motifs is 5. The molecule has 1 aliphatic carbocycles. The van der Waals surface area contributed by atoms with Gasteiger partial charge in [-0.15, -0.1) is 0 Å². The second-order valence-electron chi connectivity index (χ2n) is 11.2. The predicted octanol–water partition coefficient (Wildman–Crippen LogP) is 4.24. The molecule has 2 atom stereocenters. The van der Waals surface area contributed by atoms with Gasteiger partial charge in [0.1, 0.15) is 17.7 Å². The first-order valence-electron chi connectivity index (χ1n) is 12.9. The van der Waals surface area contributed by atoms with E-state index in [1.54, 1.807) is 25.7 Å². The maximum absolute atomic E-state index is 13.5. The number of nitrogens with zero attached hydrogens (tertiary/aromatic N) is 1. The quantitative estimate of drug-likeness (QED) is 0.473. The lowest BCUT2D eigenvalue weighted by atomic mass is 9.78. The number of nitrogens with one attached hydrogen (secondary N) is 1. The zero-order valence-electron chi connectivity index (χ0n) is 22.2. The van der Waals surface area contributed by atoms with Gasteiger partial charge in [0.25, 0.3) is 0 Å². The molecule has 0 radical (unpaired) electrons. The number of piperidine rings is 1. The standard InChI is InChI=1S/C29H34N2O7/c1-28(2,3)38-26(33)30-29(25(32)35-4)13-18-15-36-16-19(14-29)31(18)27(34)37-17-24-22-11-7-5-9-20(22)21-10-6-8-12-23(21)24/h5-12,18-19,24H,13-17H2,1-4H3,(H,30,33). The molecule has 38 heavy (non-hydrogen) atoms. The van der Waals surface area contributed by atoms with E-state index in [2.05, 4.69) is 29.6 Å². The number of alkyl carbamates (subject to hydrolysis) is 1. The van der Waals surface area contributed by atoms with Crippen LogP contribution in [0, 0.1) is 0 Å². The third-order valence-corrected chi connectivity index (χ3v) is 7.44. The van der Waals surface area contributed by atoms with E-state index in [0.717, 1.165) is 22.3 Å². The molecule has 2 unspecified atom stereocenters.